The smallest absolute Gasteiger partial charge is 0.370 e. The molecular formula is C28H29F4N3O. The van der Waals surface area contributed by atoms with Crippen LogP contribution in [0.5, 0.6) is 0 Å². The van der Waals surface area contributed by atoms with E-state index in [4.69, 9.17) is 4.99 Å². The third kappa shape index (κ3) is 5.02. The van der Waals surface area contributed by atoms with Gasteiger partial charge in [0.1, 0.15) is 23.0 Å². The summed E-state index contributed by atoms with van der Waals surface area (Å²) in [6, 6.07) is 8.91. The summed E-state index contributed by atoms with van der Waals surface area (Å²) in [4.78, 5) is 19.6. The molecule has 190 valence electrons. The first-order valence-corrected chi connectivity index (χ1v) is 12.3. The quantitative estimate of drug-likeness (QED) is 0.333. The number of ketones is 1. The molecule has 2 aromatic rings. The van der Waals surface area contributed by atoms with E-state index in [9.17, 15) is 27.6 Å². The summed E-state index contributed by atoms with van der Waals surface area (Å²) in [6.45, 7) is 5.95. The fourth-order valence-electron chi connectivity index (χ4n) is 5.05. The van der Waals surface area contributed by atoms with Gasteiger partial charge in [-0.1, -0.05) is 13.0 Å². The molecule has 1 aliphatic carbocycles. The van der Waals surface area contributed by atoms with Crippen molar-refractivity contribution in [3.8, 4) is 6.07 Å². The van der Waals surface area contributed by atoms with Gasteiger partial charge in [0, 0.05) is 18.8 Å². The number of rotatable bonds is 6. The first-order chi connectivity index (χ1) is 17.0. The summed E-state index contributed by atoms with van der Waals surface area (Å²) in [5.41, 5.74) is 1.43. The van der Waals surface area contributed by atoms with E-state index in [2.05, 4.69) is 0 Å². The number of aliphatic imine (C=N–C) groups is 1. The van der Waals surface area contributed by atoms with Gasteiger partial charge in [0.25, 0.3) is 0 Å². The first-order valence-electron chi connectivity index (χ1n) is 12.3. The lowest BCUT2D eigenvalue weighted by molar-refractivity contribution is -0.137. The van der Waals surface area contributed by atoms with Crippen LogP contribution in [0.15, 0.2) is 35.3 Å². The van der Waals surface area contributed by atoms with Crippen LogP contribution < -0.4 is 4.90 Å². The first kappa shape index (κ1) is 25.9. The maximum atomic E-state index is 14.5. The van der Waals surface area contributed by atoms with Gasteiger partial charge in [0.2, 0.25) is 0 Å². The number of piperidine rings is 1. The molecule has 2 aliphatic rings. The number of hydrogen-bond donors (Lipinski definition) is 0. The fraction of sp³-hybridized carbons (Fsp3) is 0.464. The Morgan fingerprint density at radius 2 is 1.83 bits per heavy atom. The van der Waals surface area contributed by atoms with Crippen LogP contribution in [0.2, 0.25) is 0 Å². The average Bonchev–Trinajstić information content (AvgIpc) is 3.68. The normalized spacial score (nSPS) is 18.2. The summed E-state index contributed by atoms with van der Waals surface area (Å²) in [5.74, 6) is -0.595. The maximum Gasteiger partial charge on any atom is 0.416 e. The van der Waals surface area contributed by atoms with E-state index in [1.807, 2.05) is 24.0 Å². The maximum absolute atomic E-state index is 14.5. The van der Waals surface area contributed by atoms with Crippen molar-refractivity contribution in [2.24, 2.45) is 4.99 Å². The highest BCUT2D eigenvalue weighted by Crippen LogP contribution is 2.44. The summed E-state index contributed by atoms with van der Waals surface area (Å²) in [7, 11) is 0. The minimum Gasteiger partial charge on any atom is -0.370 e. The van der Waals surface area contributed by atoms with Gasteiger partial charge < -0.3 is 4.90 Å². The van der Waals surface area contributed by atoms with Gasteiger partial charge in [-0.3, -0.25) is 9.79 Å². The van der Waals surface area contributed by atoms with E-state index in [1.165, 1.54) is 25.1 Å². The Kier molecular flexibility index (Phi) is 6.96. The lowest BCUT2D eigenvalue weighted by Crippen LogP contribution is -2.48. The van der Waals surface area contributed by atoms with Crippen molar-refractivity contribution in [3.05, 3.63) is 64.0 Å². The molecule has 4 rings (SSSR count). The number of hydrogen-bond acceptors (Lipinski definition) is 4. The highest BCUT2D eigenvalue weighted by Gasteiger charge is 2.40. The van der Waals surface area contributed by atoms with Gasteiger partial charge in [0.15, 0.2) is 5.78 Å². The second kappa shape index (κ2) is 9.68. The molecule has 0 atom stereocenters. The standard InChI is InChI=1S/C28H29F4N3O/c1-4-19-13-25(29)24(16-33)26(14-19)35-11-9-27(10-12-35,18(3)36)34-17(2)22-8-7-21(28(30,31)32)15-23(22)20-5-6-20/h7-8,13-15,20H,4-6,9-12H2,1-3H3. The van der Waals surface area contributed by atoms with E-state index in [0.717, 1.165) is 24.5 Å². The van der Waals surface area contributed by atoms with Crippen molar-refractivity contribution in [2.75, 3.05) is 18.0 Å². The summed E-state index contributed by atoms with van der Waals surface area (Å²) < 4.78 is 54.4. The Morgan fingerprint density at radius 3 is 2.36 bits per heavy atom. The average molecular weight is 500 g/mol. The topological polar surface area (TPSA) is 56.5 Å². The van der Waals surface area contributed by atoms with Crippen LogP contribution in [0.4, 0.5) is 23.2 Å². The summed E-state index contributed by atoms with van der Waals surface area (Å²) in [5, 5.41) is 9.51. The van der Waals surface area contributed by atoms with Crippen LogP contribution in [0.25, 0.3) is 0 Å². The number of carbonyl (C=O) groups excluding carboxylic acids is 1. The highest BCUT2D eigenvalue weighted by molar-refractivity contribution is 6.02. The minimum absolute atomic E-state index is 0.0129. The molecule has 1 heterocycles. The van der Waals surface area contributed by atoms with Crippen molar-refractivity contribution < 1.29 is 22.4 Å². The Hall–Kier alpha value is -3.21. The van der Waals surface area contributed by atoms with Crippen molar-refractivity contribution in [1.29, 1.82) is 5.26 Å². The molecule has 1 aliphatic heterocycles. The van der Waals surface area contributed by atoms with E-state index in [1.54, 1.807) is 6.92 Å². The Morgan fingerprint density at radius 1 is 1.17 bits per heavy atom. The molecule has 0 amide bonds. The van der Waals surface area contributed by atoms with E-state index in [0.29, 0.717) is 54.9 Å². The van der Waals surface area contributed by atoms with Gasteiger partial charge in [-0.05, 0) is 92.8 Å². The third-order valence-electron chi connectivity index (χ3n) is 7.40. The highest BCUT2D eigenvalue weighted by atomic mass is 19.4. The number of Topliss-reactive ketones (excluding diaryl/α,β-unsaturated/α-hetero) is 1. The predicted octanol–water partition coefficient (Wildman–Crippen LogP) is 6.59. The van der Waals surface area contributed by atoms with Gasteiger partial charge >= 0.3 is 6.18 Å². The zero-order valence-electron chi connectivity index (χ0n) is 20.7. The van der Waals surface area contributed by atoms with Crippen LogP contribution in [0.1, 0.15) is 80.2 Å². The van der Waals surface area contributed by atoms with Crippen LogP contribution >= 0.6 is 0 Å². The largest absolute Gasteiger partial charge is 0.416 e. The van der Waals surface area contributed by atoms with Crippen LogP contribution in [-0.2, 0) is 17.4 Å². The number of carbonyl (C=O) groups is 1. The van der Waals surface area contributed by atoms with Gasteiger partial charge in [0.05, 0.1) is 11.3 Å². The molecule has 8 heteroatoms. The van der Waals surface area contributed by atoms with Crippen molar-refractivity contribution in [3.63, 3.8) is 0 Å². The lowest BCUT2D eigenvalue weighted by atomic mass is 9.83. The number of nitriles is 1. The van der Waals surface area contributed by atoms with E-state index >= 15 is 0 Å². The van der Waals surface area contributed by atoms with Crippen molar-refractivity contribution in [1.82, 2.24) is 0 Å². The molecule has 2 fully saturated rings. The van der Waals surface area contributed by atoms with Gasteiger partial charge in [-0.2, -0.15) is 18.4 Å². The molecule has 0 N–H and O–H groups in total. The summed E-state index contributed by atoms with van der Waals surface area (Å²) >= 11 is 0. The minimum atomic E-state index is -4.42. The summed E-state index contributed by atoms with van der Waals surface area (Å²) in [6.07, 6.45) is -1.39. The molecule has 1 saturated carbocycles. The Bertz CT molecular complexity index is 1250. The van der Waals surface area contributed by atoms with Crippen LogP contribution in [-0.4, -0.2) is 30.1 Å². The van der Waals surface area contributed by atoms with E-state index in [-0.39, 0.29) is 17.3 Å². The Balaban J connectivity index is 1.64. The monoisotopic (exact) mass is 499 g/mol. The number of aryl methyl sites for hydroxylation is 1. The van der Waals surface area contributed by atoms with E-state index < -0.39 is 23.1 Å². The molecule has 0 bridgehead atoms. The second-order valence-corrected chi connectivity index (χ2v) is 9.78. The number of anilines is 1. The third-order valence-corrected chi connectivity index (χ3v) is 7.40. The zero-order chi connectivity index (χ0) is 26.3. The molecule has 0 radical (unpaired) electrons. The lowest BCUT2D eigenvalue weighted by Gasteiger charge is -2.39. The number of benzene rings is 2. The van der Waals surface area contributed by atoms with Crippen molar-refractivity contribution in [2.45, 2.75) is 70.5 Å². The number of alkyl halides is 3. The number of nitrogens with zero attached hydrogens (tertiary/aromatic N) is 3. The molecule has 4 nitrogen and oxygen atoms in total. The Labute approximate surface area is 208 Å². The molecule has 0 aromatic heterocycles. The molecule has 1 saturated heterocycles. The number of halogens is 4. The molecule has 2 aromatic carbocycles. The molecule has 0 spiro atoms. The van der Waals surface area contributed by atoms with Gasteiger partial charge in [-0.15, -0.1) is 0 Å². The fourth-order valence-corrected chi connectivity index (χ4v) is 5.05. The van der Waals surface area contributed by atoms with Gasteiger partial charge in [-0.25, -0.2) is 4.39 Å². The van der Waals surface area contributed by atoms with Crippen molar-refractivity contribution >= 4 is 17.2 Å². The predicted molar refractivity (Wildman–Crippen MR) is 131 cm³/mol. The SMILES string of the molecule is CCc1cc(F)c(C#N)c(N2CCC(N=C(C)c3ccc(C(F)(F)F)cc3C3CC3)(C(C)=O)CC2)c1. The second-order valence-electron chi connectivity index (χ2n) is 9.78. The zero-order valence-corrected chi connectivity index (χ0v) is 20.7. The molecular weight excluding hydrogens is 470 g/mol. The van der Waals surface area contributed by atoms with Crippen LogP contribution in [0, 0.1) is 17.1 Å². The molecule has 36 heavy (non-hydrogen) atoms. The van der Waals surface area contributed by atoms with Crippen LogP contribution in [0.3, 0.4) is 0 Å². The molecule has 0 unspecified atom stereocenters.